The molecule has 4 nitrogen and oxygen atoms in total. The highest BCUT2D eigenvalue weighted by Crippen LogP contribution is 2.31. The Bertz CT molecular complexity index is 546. The number of amides is 1. The molecule has 1 saturated heterocycles. The van der Waals surface area contributed by atoms with Gasteiger partial charge in [-0.25, -0.2) is 4.79 Å². The molecule has 0 aromatic heterocycles. The molecule has 1 aliphatic heterocycles. The van der Waals surface area contributed by atoms with Crippen LogP contribution < -0.4 is 5.32 Å². The zero-order valence-electron chi connectivity index (χ0n) is 12.7. The molecule has 0 spiro atoms. The molecule has 0 bridgehead atoms. The highest BCUT2D eigenvalue weighted by atomic mass is 19.4. The maximum Gasteiger partial charge on any atom is 0.416 e. The van der Waals surface area contributed by atoms with Crippen LogP contribution in [0.3, 0.4) is 0 Å². The van der Waals surface area contributed by atoms with Crippen LogP contribution in [0.4, 0.5) is 23.7 Å². The molecule has 1 amide bonds. The Labute approximate surface area is 127 Å². The summed E-state index contributed by atoms with van der Waals surface area (Å²) in [4.78, 5) is 13.3. The number of alkyl halides is 3. The first kappa shape index (κ1) is 16.5. The van der Waals surface area contributed by atoms with E-state index in [1.165, 1.54) is 11.0 Å². The van der Waals surface area contributed by atoms with Crippen molar-refractivity contribution >= 4 is 11.8 Å². The van der Waals surface area contributed by atoms with Crippen molar-refractivity contribution in [2.45, 2.75) is 38.6 Å². The zero-order chi connectivity index (χ0) is 16.5. The van der Waals surface area contributed by atoms with E-state index >= 15 is 0 Å². The van der Waals surface area contributed by atoms with Gasteiger partial charge in [0.2, 0.25) is 0 Å². The lowest BCUT2D eigenvalue weighted by Crippen LogP contribution is -2.57. The number of benzene rings is 1. The first-order valence-corrected chi connectivity index (χ1v) is 6.96. The number of nitrogens with one attached hydrogen (secondary N) is 1. The van der Waals surface area contributed by atoms with Crippen LogP contribution in [0.2, 0.25) is 0 Å². The molecule has 22 heavy (non-hydrogen) atoms. The molecule has 0 unspecified atom stereocenters. The number of halogens is 3. The molecule has 0 radical (unpaired) electrons. The summed E-state index contributed by atoms with van der Waals surface area (Å²) in [6, 6.07) is 4.95. The number of hydrogen-bond donors (Lipinski definition) is 1. The maximum absolute atomic E-state index is 12.6. The van der Waals surface area contributed by atoms with Gasteiger partial charge in [0.1, 0.15) is 5.60 Å². The van der Waals surface area contributed by atoms with Crippen LogP contribution in [0, 0.1) is 0 Å². The van der Waals surface area contributed by atoms with Crippen molar-refractivity contribution in [1.82, 2.24) is 4.90 Å². The molecule has 1 aromatic carbocycles. The van der Waals surface area contributed by atoms with E-state index in [1.54, 1.807) is 26.8 Å². The lowest BCUT2D eigenvalue weighted by Gasteiger charge is -2.40. The Hall–Kier alpha value is -1.92. The predicted octanol–water partition coefficient (Wildman–Crippen LogP) is 3.74. The van der Waals surface area contributed by atoms with Gasteiger partial charge in [0.05, 0.1) is 11.6 Å². The van der Waals surface area contributed by atoms with Gasteiger partial charge in [-0.15, -0.1) is 0 Å². The standard InChI is InChI=1S/C15H19F3N2O2/c1-14(2,3)22-13(21)20-8-12(9-20)19-11-6-4-5-10(7-11)15(16,17)18/h4-7,12,19H,8-9H2,1-3H3. The second kappa shape index (κ2) is 5.70. The van der Waals surface area contributed by atoms with Crippen molar-refractivity contribution in [1.29, 1.82) is 0 Å². The minimum absolute atomic E-state index is 0.0731. The normalized spacial score (nSPS) is 16.2. The smallest absolute Gasteiger partial charge is 0.416 e. The summed E-state index contributed by atoms with van der Waals surface area (Å²) >= 11 is 0. The lowest BCUT2D eigenvalue weighted by molar-refractivity contribution is -0.137. The fourth-order valence-electron chi connectivity index (χ4n) is 2.07. The average molecular weight is 316 g/mol. The Morgan fingerprint density at radius 2 is 1.91 bits per heavy atom. The molecule has 2 rings (SSSR count). The first-order valence-electron chi connectivity index (χ1n) is 6.96. The van der Waals surface area contributed by atoms with Crippen molar-refractivity contribution in [2.75, 3.05) is 18.4 Å². The molecule has 1 fully saturated rings. The number of likely N-dealkylation sites (tertiary alicyclic amines) is 1. The number of rotatable bonds is 2. The summed E-state index contributed by atoms with van der Waals surface area (Å²) in [7, 11) is 0. The maximum atomic E-state index is 12.6. The van der Waals surface area contributed by atoms with E-state index in [1.807, 2.05) is 0 Å². The monoisotopic (exact) mass is 316 g/mol. The number of anilines is 1. The molecular formula is C15H19F3N2O2. The molecular weight excluding hydrogens is 297 g/mol. The third-order valence-electron chi connectivity index (χ3n) is 3.09. The van der Waals surface area contributed by atoms with Crippen LogP contribution in [0.25, 0.3) is 0 Å². The van der Waals surface area contributed by atoms with Gasteiger partial charge in [-0.2, -0.15) is 13.2 Å². The molecule has 122 valence electrons. The van der Waals surface area contributed by atoms with Gasteiger partial charge in [0.25, 0.3) is 0 Å². The van der Waals surface area contributed by atoms with Crippen LogP contribution in [-0.2, 0) is 10.9 Å². The third kappa shape index (κ3) is 4.29. The van der Waals surface area contributed by atoms with Gasteiger partial charge >= 0.3 is 12.3 Å². The average Bonchev–Trinajstić information content (AvgIpc) is 2.30. The fourth-order valence-corrected chi connectivity index (χ4v) is 2.07. The summed E-state index contributed by atoms with van der Waals surface area (Å²) in [6.45, 7) is 6.16. The minimum atomic E-state index is -4.36. The van der Waals surface area contributed by atoms with Gasteiger partial charge in [0.15, 0.2) is 0 Å². The number of nitrogens with zero attached hydrogens (tertiary/aromatic N) is 1. The number of carbonyl (C=O) groups excluding carboxylic acids is 1. The van der Waals surface area contributed by atoms with Gasteiger partial charge in [-0.3, -0.25) is 0 Å². The van der Waals surface area contributed by atoms with E-state index in [0.29, 0.717) is 18.8 Å². The summed E-state index contributed by atoms with van der Waals surface area (Å²) in [5.41, 5.74) is -0.860. The molecule has 0 aliphatic carbocycles. The Balaban J connectivity index is 1.87. The summed E-state index contributed by atoms with van der Waals surface area (Å²) in [5.74, 6) is 0. The summed E-state index contributed by atoms with van der Waals surface area (Å²) in [5, 5.41) is 2.99. The highest BCUT2D eigenvalue weighted by molar-refractivity contribution is 5.69. The van der Waals surface area contributed by atoms with Crippen molar-refractivity contribution in [3.63, 3.8) is 0 Å². The van der Waals surface area contributed by atoms with E-state index in [0.717, 1.165) is 12.1 Å². The Morgan fingerprint density at radius 1 is 1.27 bits per heavy atom. The first-order chi connectivity index (χ1) is 10.0. The van der Waals surface area contributed by atoms with Crippen LogP contribution >= 0.6 is 0 Å². The summed E-state index contributed by atoms with van der Waals surface area (Å²) in [6.07, 6.45) is -4.77. The molecule has 7 heteroatoms. The Kier molecular flexibility index (Phi) is 4.26. The zero-order valence-corrected chi connectivity index (χ0v) is 12.7. The Morgan fingerprint density at radius 3 is 2.45 bits per heavy atom. The van der Waals surface area contributed by atoms with Gasteiger partial charge in [0, 0.05) is 18.8 Å². The van der Waals surface area contributed by atoms with Gasteiger partial charge in [-0.1, -0.05) is 6.07 Å². The molecule has 1 aliphatic rings. The number of hydrogen-bond acceptors (Lipinski definition) is 3. The van der Waals surface area contributed by atoms with Crippen molar-refractivity contribution in [3.8, 4) is 0 Å². The lowest BCUT2D eigenvalue weighted by atomic mass is 10.1. The molecule has 0 atom stereocenters. The second-order valence-electron chi connectivity index (χ2n) is 6.31. The van der Waals surface area contributed by atoms with Crippen molar-refractivity contribution in [2.24, 2.45) is 0 Å². The van der Waals surface area contributed by atoms with E-state index in [-0.39, 0.29) is 6.04 Å². The SMILES string of the molecule is CC(C)(C)OC(=O)N1CC(Nc2cccc(C(F)(F)F)c2)C1. The van der Waals surface area contributed by atoms with Crippen LogP contribution in [-0.4, -0.2) is 35.7 Å². The molecule has 1 aromatic rings. The predicted molar refractivity (Wildman–Crippen MR) is 76.7 cm³/mol. The van der Waals surface area contributed by atoms with E-state index in [4.69, 9.17) is 4.74 Å². The van der Waals surface area contributed by atoms with Crippen molar-refractivity contribution in [3.05, 3.63) is 29.8 Å². The largest absolute Gasteiger partial charge is 0.444 e. The molecule has 0 saturated carbocycles. The van der Waals surface area contributed by atoms with Crippen LogP contribution in [0.5, 0.6) is 0 Å². The fraction of sp³-hybridized carbons (Fsp3) is 0.533. The van der Waals surface area contributed by atoms with E-state index < -0.39 is 23.4 Å². The topological polar surface area (TPSA) is 41.6 Å². The second-order valence-corrected chi connectivity index (χ2v) is 6.31. The van der Waals surface area contributed by atoms with E-state index in [9.17, 15) is 18.0 Å². The summed E-state index contributed by atoms with van der Waals surface area (Å²) < 4.78 is 43.1. The van der Waals surface area contributed by atoms with Crippen LogP contribution in [0.1, 0.15) is 26.3 Å². The number of carbonyl (C=O) groups is 1. The molecule has 1 N–H and O–H groups in total. The van der Waals surface area contributed by atoms with E-state index in [2.05, 4.69) is 5.32 Å². The van der Waals surface area contributed by atoms with Gasteiger partial charge < -0.3 is 15.0 Å². The quantitative estimate of drug-likeness (QED) is 0.904. The number of ether oxygens (including phenoxy) is 1. The third-order valence-corrected chi connectivity index (χ3v) is 3.09. The minimum Gasteiger partial charge on any atom is -0.444 e. The highest BCUT2D eigenvalue weighted by Gasteiger charge is 2.34. The van der Waals surface area contributed by atoms with Crippen molar-refractivity contribution < 1.29 is 22.7 Å². The molecule has 1 heterocycles. The van der Waals surface area contributed by atoms with Crippen LogP contribution in [0.15, 0.2) is 24.3 Å². The van der Waals surface area contributed by atoms with Gasteiger partial charge in [-0.05, 0) is 39.0 Å².